The summed E-state index contributed by atoms with van der Waals surface area (Å²) in [4.78, 5) is 27.9. The number of fused-ring (bicyclic) bond motifs is 1. The molecule has 3 aromatic rings. The van der Waals surface area contributed by atoms with Crippen LogP contribution in [0.5, 0.6) is 5.75 Å². The number of carbonyl (C=O) groups is 1. The average Bonchev–Trinajstić information content (AvgIpc) is 3.18. The molecule has 6 nitrogen and oxygen atoms in total. The van der Waals surface area contributed by atoms with Gasteiger partial charge in [0.2, 0.25) is 11.2 Å². The molecule has 0 N–H and O–H groups in total. The zero-order chi connectivity index (χ0) is 23.9. The zero-order valence-electron chi connectivity index (χ0n) is 18.1. The largest absolute Gasteiger partial charge is 0.482 e. The second kappa shape index (κ2) is 8.85. The maximum absolute atomic E-state index is 13.0. The van der Waals surface area contributed by atoms with Crippen LogP contribution in [0.25, 0.3) is 0 Å². The maximum Gasteiger partial charge on any atom is 0.282 e. The van der Waals surface area contributed by atoms with Crippen LogP contribution in [0.15, 0.2) is 64.0 Å². The van der Waals surface area contributed by atoms with E-state index in [4.69, 9.17) is 20.8 Å². The second-order valence-electron chi connectivity index (χ2n) is 8.64. The molecule has 1 fully saturated rings. The Morgan fingerprint density at radius 2 is 1.79 bits per heavy atom. The van der Waals surface area contributed by atoms with Gasteiger partial charge in [-0.15, -0.1) is 0 Å². The van der Waals surface area contributed by atoms with Crippen molar-refractivity contribution in [2.45, 2.75) is 32.2 Å². The van der Waals surface area contributed by atoms with Crippen LogP contribution in [0.3, 0.4) is 0 Å². The fourth-order valence-corrected chi connectivity index (χ4v) is 4.33. The summed E-state index contributed by atoms with van der Waals surface area (Å²) in [6.45, 7) is 0.968. The highest BCUT2D eigenvalue weighted by Gasteiger charge is 2.46. The van der Waals surface area contributed by atoms with Crippen LogP contribution in [-0.4, -0.2) is 34.7 Å². The van der Waals surface area contributed by atoms with Crippen LogP contribution >= 0.6 is 11.6 Å². The van der Waals surface area contributed by atoms with E-state index in [1.807, 2.05) is 18.2 Å². The topological polar surface area (TPSA) is 63.0 Å². The Labute approximate surface area is 199 Å². The quantitative estimate of drug-likeness (QED) is 0.514. The molecular formula is C25H21ClF2N2O4. The number of hydrogen-bond acceptors (Lipinski definition) is 5. The Morgan fingerprint density at radius 3 is 2.50 bits per heavy atom. The van der Waals surface area contributed by atoms with E-state index in [2.05, 4.69) is 4.90 Å². The van der Waals surface area contributed by atoms with Gasteiger partial charge in [0.05, 0.1) is 19.6 Å². The molecule has 0 atom stereocenters. The van der Waals surface area contributed by atoms with Gasteiger partial charge < -0.3 is 14.1 Å². The highest BCUT2D eigenvalue weighted by atomic mass is 35.5. The van der Waals surface area contributed by atoms with Crippen molar-refractivity contribution in [3.8, 4) is 5.75 Å². The molecule has 0 spiro atoms. The van der Waals surface area contributed by atoms with Crippen LogP contribution in [0.4, 0.5) is 8.78 Å². The maximum atomic E-state index is 13.0. The van der Waals surface area contributed by atoms with E-state index in [1.165, 1.54) is 23.5 Å². The Balaban J connectivity index is 1.15. The van der Waals surface area contributed by atoms with Crippen LogP contribution in [0, 0.1) is 0 Å². The molecule has 0 unspecified atom stereocenters. The number of benzene rings is 2. The van der Waals surface area contributed by atoms with Gasteiger partial charge in [-0.1, -0.05) is 29.8 Å². The van der Waals surface area contributed by atoms with Crippen molar-refractivity contribution in [3.05, 3.63) is 98.1 Å². The predicted octanol–water partition coefficient (Wildman–Crippen LogP) is 4.48. The molecule has 0 bridgehead atoms. The molecule has 0 saturated carbocycles. The first-order chi connectivity index (χ1) is 16.3. The van der Waals surface area contributed by atoms with Crippen LogP contribution < -0.4 is 10.2 Å². The first-order valence-electron chi connectivity index (χ1n) is 10.8. The van der Waals surface area contributed by atoms with Gasteiger partial charge in [0.25, 0.3) is 11.8 Å². The monoisotopic (exact) mass is 486 g/mol. The van der Waals surface area contributed by atoms with Crippen molar-refractivity contribution >= 4 is 17.5 Å². The molecule has 176 valence electrons. The Hall–Kier alpha value is -3.23. The number of carbonyl (C=O) groups excluding carboxylic acids is 1. The van der Waals surface area contributed by atoms with Crippen molar-refractivity contribution in [3.63, 3.8) is 0 Å². The second-order valence-corrected chi connectivity index (χ2v) is 9.07. The van der Waals surface area contributed by atoms with Gasteiger partial charge in [-0.3, -0.25) is 14.5 Å². The van der Waals surface area contributed by atoms with E-state index in [-0.39, 0.29) is 17.8 Å². The lowest BCUT2D eigenvalue weighted by molar-refractivity contribution is -0.113. The average molecular weight is 487 g/mol. The van der Waals surface area contributed by atoms with E-state index in [0.29, 0.717) is 22.9 Å². The SMILES string of the molecule is O=C(c1ccc(COc2coc(CN3Cc4ccc(Cl)cc4C3)cc2=O)cc1)N1CC(F)(F)C1. The highest BCUT2D eigenvalue weighted by Crippen LogP contribution is 2.28. The molecule has 0 radical (unpaired) electrons. The Bertz CT molecular complexity index is 1280. The summed E-state index contributed by atoms with van der Waals surface area (Å²) in [6, 6.07) is 13.7. The van der Waals surface area contributed by atoms with Gasteiger partial charge >= 0.3 is 0 Å². The summed E-state index contributed by atoms with van der Waals surface area (Å²) in [7, 11) is 0. The predicted molar refractivity (Wildman–Crippen MR) is 121 cm³/mol. The van der Waals surface area contributed by atoms with Gasteiger partial charge in [-0.2, -0.15) is 0 Å². The lowest BCUT2D eigenvalue weighted by Crippen LogP contribution is -2.58. The molecule has 9 heteroatoms. The number of ether oxygens (including phenoxy) is 1. The Morgan fingerprint density at radius 1 is 1.06 bits per heavy atom. The molecule has 2 aliphatic rings. The summed E-state index contributed by atoms with van der Waals surface area (Å²) in [5, 5.41) is 0.704. The molecule has 1 saturated heterocycles. The molecule has 5 rings (SSSR count). The summed E-state index contributed by atoms with van der Waals surface area (Å²) in [5.41, 5.74) is 3.15. The van der Waals surface area contributed by atoms with Gasteiger partial charge in [-0.05, 0) is 41.0 Å². The Kier molecular flexibility index (Phi) is 5.87. The standard InChI is InChI=1S/C25H21ClF2N2O4/c26-20-6-5-18-9-29(10-19(18)7-20)11-21-8-22(31)23(13-33-21)34-12-16-1-3-17(4-2-16)24(32)30-14-25(27,28)15-30/h1-8,13H,9-12,14-15H2. The number of alkyl halides is 2. The smallest absolute Gasteiger partial charge is 0.282 e. The highest BCUT2D eigenvalue weighted by molar-refractivity contribution is 6.30. The number of halogens is 3. The number of rotatable bonds is 6. The number of likely N-dealkylation sites (tertiary alicyclic amines) is 1. The molecule has 34 heavy (non-hydrogen) atoms. The van der Waals surface area contributed by atoms with Crippen molar-refractivity contribution in [2.75, 3.05) is 13.1 Å². The third kappa shape index (κ3) is 4.83. The van der Waals surface area contributed by atoms with Crippen molar-refractivity contribution in [1.29, 1.82) is 0 Å². The minimum Gasteiger partial charge on any atom is -0.482 e. The number of nitrogens with zero attached hydrogens (tertiary/aromatic N) is 2. The van der Waals surface area contributed by atoms with Gasteiger partial charge in [-0.25, -0.2) is 8.78 Å². The lowest BCUT2D eigenvalue weighted by atomic mass is 10.1. The summed E-state index contributed by atoms with van der Waals surface area (Å²) >= 11 is 6.06. The molecule has 2 aromatic carbocycles. The molecule has 0 aliphatic carbocycles. The molecular weight excluding hydrogens is 466 g/mol. The van der Waals surface area contributed by atoms with Gasteiger partial charge in [0.1, 0.15) is 18.6 Å². The molecule has 1 aromatic heterocycles. The minimum absolute atomic E-state index is 0.0863. The van der Waals surface area contributed by atoms with Crippen molar-refractivity contribution in [2.24, 2.45) is 0 Å². The third-order valence-corrected chi connectivity index (χ3v) is 6.15. The van der Waals surface area contributed by atoms with Gasteiger partial charge in [0.15, 0.2) is 0 Å². The van der Waals surface area contributed by atoms with Crippen LogP contribution in [0.2, 0.25) is 5.02 Å². The molecule has 1 amide bonds. The van der Waals surface area contributed by atoms with Crippen molar-refractivity contribution in [1.82, 2.24) is 9.80 Å². The van der Waals surface area contributed by atoms with Crippen LogP contribution in [0.1, 0.15) is 32.8 Å². The number of hydrogen-bond donors (Lipinski definition) is 0. The van der Waals surface area contributed by atoms with E-state index >= 15 is 0 Å². The molecule has 2 aliphatic heterocycles. The number of amides is 1. The molecule has 3 heterocycles. The van der Waals surface area contributed by atoms with Crippen molar-refractivity contribution < 1.29 is 22.7 Å². The van der Waals surface area contributed by atoms with Crippen LogP contribution in [-0.2, 0) is 26.2 Å². The lowest BCUT2D eigenvalue weighted by Gasteiger charge is -2.38. The zero-order valence-corrected chi connectivity index (χ0v) is 18.9. The summed E-state index contributed by atoms with van der Waals surface area (Å²) < 4.78 is 37.1. The van der Waals surface area contributed by atoms with E-state index in [0.717, 1.165) is 23.6 Å². The fourth-order valence-electron chi connectivity index (χ4n) is 4.14. The minimum atomic E-state index is -2.80. The summed E-state index contributed by atoms with van der Waals surface area (Å²) in [5.74, 6) is -2.61. The summed E-state index contributed by atoms with van der Waals surface area (Å²) in [6.07, 6.45) is 1.31. The van der Waals surface area contributed by atoms with Gasteiger partial charge in [0, 0.05) is 29.7 Å². The third-order valence-electron chi connectivity index (χ3n) is 5.91. The first kappa shape index (κ1) is 22.6. The van der Waals surface area contributed by atoms with E-state index in [9.17, 15) is 18.4 Å². The fraction of sp³-hybridized carbons (Fsp3) is 0.280. The first-order valence-corrected chi connectivity index (χ1v) is 11.1. The van der Waals surface area contributed by atoms with E-state index in [1.54, 1.807) is 24.3 Å². The normalized spacial score (nSPS) is 16.7. The van der Waals surface area contributed by atoms with E-state index < -0.39 is 24.9 Å².